The summed E-state index contributed by atoms with van der Waals surface area (Å²) in [5.41, 5.74) is 3.82. The Morgan fingerprint density at radius 2 is 2.14 bits per heavy atom. The molecule has 0 heterocycles. The molecular weight excluding hydrogens is 193 g/mol. The van der Waals surface area contributed by atoms with Gasteiger partial charge in [0, 0.05) is 6.54 Å². The minimum atomic E-state index is -0.904. The summed E-state index contributed by atoms with van der Waals surface area (Å²) in [6, 6.07) is 10.1. The zero-order chi connectivity index (χ0) is 10.2. The van der Waals surface area contributed by atoms with Crippen LogP contribution in [0, 0.1) is 12.1 Å². The second-order valence-corrected chi connectivity index (χ2v) is 4.08. The van der Waals surface area contributed by atoms with Gasteiger partial charge < -0.3 is 4.52 Å². The summed E-state index contributed by atoms with van der Waals surface area (Å²) in [5, 5.41) is 3.19. The molecule has 3 heteroatoms. The molecule has 0 bridgehead atoms. The Balaban J connectivity index is 2.37. The second-order valence-electron chi connectivity index (χ2n) is 2.66. The van der Waals surface area contributed by atoms with Crippen molar-refractivity contribution >= 4 is 8.30 Å². The van der Waals surface area contributed by atoms with Gasteiger partial charge in [-0.25, -0.2) is 0 Å². The van der Waals surface area contributed by atoms with Gasteiger partial charge in [0.05, 0.1) is 6.61 Å². The van der Waals surface area contributed by atoms with E-state index in [-0.39, 0.29) is 0 Å². The molecular formula is C11H14NOP. The predicted octanol–water partition coefficient (Wildman–Crippen LogP) is 2.72. The van der Waals surface area contributed by atoms with Crippen molar-refractivity contribution in [2.75, 3.05) is 6.61 Å². The monoisotopic (exact) mass is 207 g/mol. The second kappa shape index (κ2) is 6.56. The van der Waals surface area contributed by atoms with Crippen LogP contribution < -0.4 is 5.09 Å². The molecule has 0 aliphatic rings. The van der Waals surface area contributed by atoms with E-state index in [1.807, 2.05) is 25.1 Å². The molecule has 0 aliphatic carbocycles. The summed E-state index contributed by atoms with van der Waals surface area (Å²) < 4.78 is 5.33. The SMILES string of the molecule is C#CP(NCc1ccccc1)OCC. The molecule has 1 rings (SSSR count). The lowest BCUT2D eigenvalue weighted by Gasteiger charge is -2.11. The Morgan fingerprint density at radius 3 is 2.71 bits per heavy atom. The maximum absolute atomic E-state index is 5.33. The first-order valence-electron chi connectivity index (χ1n) is 4.53. The highest BCUT2D eigenvalue weighted by atomic mass is 31.2. The Bertz CT molecular complexity index is 294. The third-order valence-electron chi connectivity index (χ3n) is 1.65. The summed E-state index contributed by atoms with van der Waals surface area (Å²) in [6.07, 6.45) is 5.31. The summed E-state index contributed by atoms with van der Waals surface area (Å²) >= 11 is 0. The van der Waals surface area contributed by atoms with Crippen molar-refractivity contribution in [1.29, 1.82) is 0 Å². The largest absolute Gasteiger partial charge is 0.334 e. The highest BCUT2D eigenvalue weighted by Gasteiger charge is 2.02. The Labute approximate surface area is 86.6 Å². The minimum Gasteiger partial charge on any atom is -0.334 e. The molecule has 1 N–H and O–H groups in total. The van der Waals surface area contributed by atoms with Crippen molar-refractivity contribution < 1.29 is 4.52 Å². The van der Waals surface area contributed by atoms with E-state index in [9.17, 15) is 0 Å². The lowest BCUT2D eigenvalue weighted by Crippen LogP contribution is -2.07. The van der Waals surface area contributed by atoms with Gasteiger partial charge in [-0.2, -0.15) is 0 Å². The number of rotatable bonds is 5. The van der Waals surface area contributed by atoms with Gasteiger partial charge in [0.2, 0.25) is 0 Å². The molecule has 0 radical (unpaired) electrons. The third kappa shape index (κ3) is 3.89. The molecule has 1 aromatic rings. The van der Waals surface area contributed by atoms with Gasteiger partial charge in [0.15, 0.2) is 8.30 Å². The van der Waals surface area contributed by atoms with Crippen LogP contribution in [0.25, 0.3) is 0 Å². The fraction of sp³-hybridized carbons (Fsp3) is 0.273. The smallest absolute Gasteiger partial charge is 0.184 e. The first-order chi connectivity index (χ1) is 6.86. The molecule has 0 amide bonds. The standard InChI is InChI=1S/C11H14NOP/c1-3-13-14(4-2)12-10-11-8-6-5-7-9-11/h2,5-9,12H,3,10H2,1H3. The zero-order valence-electron chi connectivity index (χ0n) is 8.23. The van der Waals surface area contributed by atoms with Crippen LogP contribution >= 0.6 is 8.30 Å². The highest BCUT2D eigenvalue weighted by Crippen LogP contribution is 2.29. The van der Waals surface area contributed by atoms with Gasteiger partial charge in [-0.15, -0.1) is 6.42 Å². The van der Waals surface area contributed by atoms with E-state index in [1.165, 1.54) is 5.56 Å². The average molecular weight is 207 g/mol. The van der Waals surface area contributed by atoms with E-state index in [0.29, 0.717) is 6.61 Å². The van der Waals surface area contributed by atoms with Crippen LogP contribution in [-0.2, 0) is 11.1 Å². The van der Waals surface area contributed by atoms with Crippen LogP contribution in [0.15, 0.2) is 30.3 Å². The molecule has 0 spiro atoms. The Morgan fingerprint density at radius 1 is 1.43 bits per heavy atom. The molecule has 0 aromatic heterocycles. The summed E-state index contributed by atoms with van der Waals surface area (Å²) in [7, 11) is -0.904. The van der Waals surface area contributed by atoms with E-state index in [1.54, 1.807) is 0 Å². The first-order valence-corrected chi connectivity index (χ1v) is 5.79. The molecule has 0 aliphatic heterocycles. The van der Waals surface area contributed by atoms with Gasteiger partial charge in [-0.1, -0.05) is 30.3 Å². The van der Waals surface area contributed by atoms with Gasteiger partial charge in [-0.3, -0.25) is 5.09 Å². The van der Waals surface area contributed by atoms with Crippen LogP contribution in [-0.4, -0.2) is 6.61 Å². The molecule has 1 atom stereocenters. The first kappa shape index (κ1) is 11.2. The third-order valence-corrected chi connectivity index (χ3v) is 2.84. The van der Waals surface area contributed by atoms with Crippen molar-refractivity contribution in [3.05, 3.63) is 35.9 Å². The number of terminal acetylenes is 1. The molecule has 0 saturated carbocycles. The summed E-state index contributed by atoms with van der Waals surface area (Å²) in [5.74, 6) is 0. The van der Waals surface area contributed by atoms with Crippen LogP contribution in [0.4, 0.5) is 0 Å². The molecule has 74 valence electrons. The number of hydrogen-bond acceptors (Lipinski definition) is 2. The summed E-state index contributed by atoms with van der Waals surface area (Å²) in [4.78, 5) is 0. The number of hydrogen-bond donors (Lipinski definition) is 1. The fourth-order valence-corrected chi connectivity index (χ4v) is 1.86. The lowest BCUT2D eigenvalue weighted by atomic mass is 10.2. The maximum atomic E-state index is 5.33. The van der Waals surface area contributed by atoms with E-state index < -0.39 is 8.30 Å². The molecule has 1 aromatic carbocycles. The quantitative estimate of drug-likeness (QED) is 0.592. The fourth-order valence-electron chi connectivity index (χ4n) is 1.02. The van der Waals surface area contributed by atoms with Gasteiger partial charge in [-0.05, 0) is 18.1 Å². The Kier molecular flexibility index (Phi) is 5.25. The van der Waals surface area contributed by atoms with Crippen LogP contribution in [0.3, 0.4) is 0 Å². The van der Waals surface area contributed by atoms with Crippen LogP contribution in [0.2, 0.25) is 0 Å². The molecule has 2 nitrogen and oxygen atoms in total. The zero-order valence-corrected chi connectivity index (χ0v) is 9.13. The van der Waals surface area contributed by atoms with E-state index in [2.05, 4.69) is 22.9 Å². The van der Waals surface area contributed by atoms with Crippen LogP contribution in [0.1, 0.15) is 12.5 Å². The molecule has 0 saturated heterocycles. The van der Waals surface area contributed by atoms with Crippen LogP contribution in [0.5, 0.6) is 0 Å². The maximum Gasteiger partial charge on any atom is 0.184 e. The predicted molar refractivity (Wildman–Crippen MR) is 60.7 cm³/mol. The minimum absolute atomic E-state index is 0.650. The topological polar surface area (TPSA) is 21.3 Å². The van der Waals surface area contributed by atoms with Gasteiger partial charge in [0.25, 0.3) is 0 Å². The lowest BCUT2D eigenvalue weighted by molar-refractivity contribution is 0.377. The van der Waals surface area contributed by atoms with Gasteiger partial charge in [0.1, 0.15) is 0 Å². The van der Waals surface area contributed by atoms with Crippen molar-refractivity contribution in [2.45, 2.75) is 13.5 Å². The van der Waals surface area contributed by atoms with Crippen molar-refractivity contribution in [1.82, 2.24) is 5.09 Å². The van der Waals surface area contributed by atoms with Crippen molar-refractivity contribution in [2.24, 2.45) is 0 Å². The van der Waals surface area contributed by atoms with Crippen molar-refractivity contribution in [3.63, 3.8) is 0 Å². The molecule has 0 fully saturated rings. The van der Waals surface area contributed by atoms with E-state index in [4.69, 9.17) is 10.9 Å². The number of benzene rings is 1. The van der Waals surface area contributed by atoms with E-state index >= 15 is 0 Å². The average Bonchev–Trinajstić information content (AvgIpc) is 2.25. The number of nitrogens with one attached hydrogen (secondary N) is 1. The molecule has 14 heavy (non-hydrogen) atoms. The summed E-state index contributed by atoms with van der Waals surface area (Å²) in [6.45, 7) is 3.35. The van der Waals surface area contributed by atoms with Gasteiger partial charge >= 0.3 is 0 Å². The Hall–Kier alpha value is -0.870. The molecule has 1 unspecified atom stereocenters. The van der Waals surface area contributed by atoms with Crippen molar-refractivity contribution in [3.8, 4) is 12.1 Å². The van der Waals surface area contributed by atoms with E-state index in [0.717, 1.165) is 6.54 Å². The normalized spacial score (nSPS) is 12.0. The highest BCUT2D eigenvalue weighted by molar-refractivity contribution is 7.55.